The molecule has 0 aliphatic rings. The number of rotatable bonds is 2. The topological polar surface area (TPSA) is 37.8 Å². The molecule has 1 heterocycles. The van der Waals surface area contributed by atoms with Crippen LogP contribution in [0.1, 0.15) is 27.7 Å². The average molecular weight is 179 g/mol. The molecule has 3 nitrogen and oxygen atoms in total. The van der Waals surface area contributed by atoms with Crippen molar-refractivity contribution in [3.63, 3.8) is 0 Å². The number of anilines is 1. The molecule has 0 fully saturated rings. The van der Waals surface area contributed by atoms with Crippen molar-refractivity contribution >= 4 is 5.82 Å². The van der Waals surface area contributed by atoms with E-state index in [1.807, 2.05) is 12.1 Å². The van der Waals surface area contributed by atoms with Crippen LogP contribution < -0.4 is 5.32 Å². The van der Waals surface area contributed by atoms with Gasteiger partial charge in [-0.1, -0.05) is 20.8 Å². The number of nitrogens with zero attached hydrogens (tertiary/aromatic N) is 2. The second kappa shape index (κ2) is 3.73. The SMILES string of the molecule is CC(Nc1cccnn1)C(C)(C)C. The molecule has 0 amide bonds. The first kappa shape index (κ1) is 9.96. The molecular weight excluding hydrogens is 162 g/mol. The minimum Gasteiger partial charge on any atom is -0.366 e. The van der Waals surface area contributed by atoms with Crippen LogP contribution in [-0.2, 0) is 0 Å². The Balaban J connectivity index is 2.61. The second-order valence-electron chi connectivity index (χ2n) is 4.34. The molecule has 1 aromatic heterocycles. The van der Waals surface area contributed by atoms with Gasteiger partial charge in [0, 0.05) is 12.2 Å². The molecule has 1 atom stereocenters. The monoisotopic (exact) mass is 179 g/mol. The Morgan fingerprint density at radius 1 is 1.38 bits per heavy atom. The van der Waals surface area contributed by atoms with E-state index < -0.39 is 0 Å². The van der Waals surface area contributed by atoms with Crippen LogP contribution in [0, 0.1) is 5.41 Å². The van der Waals surface area contributed by atoms with Gasteiger partial charge in [0.2, 0.25) is 0 Å². The van der Waals surface area contributed by atoms with Crippen LogP contribution in [0.4, 0.5) is 5.82 Å². The van der Waals surface area contributed by atoms with E-state index in [0.717, 1.165) is 5.82 Å². The van der Waals surface area contributed by atoms with E-state index in [2.05, 4.69) is 43.2 Å². The van der Waals surface area contributed by atoms with Crippen molar-refractivity contribution in [2.24, 2.45) is 5.41 Å². The summed E-state index contributed by atoms with van der Waals surface area (Å²) >= 11 is 0. The summed E-state index contributed by atoms with van der Waals surface area (Å²) in [5, 5.41) is 11.1. The van der Waals surface area contributed by atoms with Gasteiger partial charge in [0.15, 0.2) is 0 Å². The molecule has 0 saturated carbocycles. The zero-order valence-corrected chi connectivity index (χ0v) is 8.70. The highest BCUT2D eigenvalue weighted by Crippen LogP contribution is 2.21. The third kappa shape index (κ3) is 3.01. The zero-order valence-electron chi connectivity index (χ0n) is 8.70. The van der Waals surface area contributed by atoms with Gasteiger partial charge in [0.25, 0.3) is 0 Å². The number of hydrogen-bond donors (Lipinski definition) is 1. The number of nitrogens with one attached hydrogen (secondary N) is 1. The summed E-state index contributed by atoms with van der Waals surface area (Å²) in [4.78, 5) is 0. The van der Waals surface area contributed by atoms with Crippen molar-refractivity contribution in [1.82, 2.24) is 10.2 Å². The predicted molar refractivity (Wildman–Crippen MR) is 54.6 cm³/mol. The summed E-state index contributed by atoms with van der Waals surface area (Å²) in [6, 6.07) is 4.18. The number of hydrogen-bond acceptors (Lipinski definition) is 3. The average Bonchev–Trinajstić information content (AvgIpc) is 2.04. The molecule has 0 aliphatic heterocycles. The molecule has 0 aromatic carbocycles. The third-order valence-corrected chi connectivity index (χ3v) is 2.24. The summed E-state index contributed by atoms with van der Waals surface area (Å²) in [5.41, 5.74) is 0.234. The minimum absolute atomic E-state index is 0.234. The van der Waals surface area contributed by atoms with E-state index in [4.69, 9.17) is 0 Å². The first-order valence-electron chi connectivity index (χ1n) is 4.54. The van der Waals surface area contributed by atoms with Gasteiger partial charge in [0.1, 0.15) is 5.82 Å². The van der Waals surface area contributed by atoms with E-state index in [9.17, 15) is 0 Å². The Morgan fingerprint density at radius 2 is 2.08 bits per heavy atom. The van der Waals surface area contributed by atoms with Gasteiger partial charge in [-0.05, 0) is 24.5 Å². The normalized spacial score (nSPS) is 13.8. The molecule has 0 spiro atoms. The maximum Gasteiger partial charge on any atom is 0.148 e. The van der Waals surface area contributed by atoms with Crippen molar-refractivity contribution in [3.8, 4) is 0 Å². The van der Waals surface area contributed by atoms with Crippen LogP contribution in [0.3, 0.4) is 0 Å². The molecule has 72 valence electrons. The Bertz CT molecular complexity index is 251. The summed E-state index contributed by atoms with van der Waals surface area (Å²) in [7, 11) is 0. The Hall–Kier alpha value is -1.12. The molecule has 3 heteroatoms. The maximum atomic E-state index is 3.97. The molecule has 0 radical (unpaired) electrons. The Kier molecular flexibility index (Phi) is 2.86. The maximum absolute atomic E-state index is 3.97. The Morgan fingerprint density at radius 3 is 2.54 bits per heavy atom. The smallest absolute Gasteiger partial charge is 0.148 e. The summed E-state index contributed by atoms with van der Waals surface area (Å²) < 4.78 is 0. The van der Waals surface area contributed by atoms with Gasteiger partial charge in [-0.2, -0.15) is 5.10 Å². The first-order valence-corrected chi connectivity index (χ1v) is 4.54. The molecule has 1 N–H and O–H groups in total. The highest BCUT2D eigenvalue weighted by atomic mass is 15.2. The largest absolute Gasteiger partial charge is 0.366 e. The van der Waals surface area contributed by atoms with Gasteiger partial charge in [-0.25, -0.2) is 0 Å². The van der Waals surface area contributed by atoms with Crippen LogP contribution in [-0.4, -0.2) is 16.2 Å². The van der Waals surface area contributed by atoms with Crippen molar-refractivity contribution in [3.05, 3.63) is 18.3 Å². The lowest BCUT2D eigenvalue weighted by Crippen LogP contribution is -2.31. The van der Waals surface area contributed by atoms with Crippen molar-refractivity contribution < 1.29 is 0 Å². The van der Waals surface area contributed by atoms with E-state index in [1.54, 1.807) is 6.20 Å². The van der Waals surface area contributed by atoms with Gasteiger partial charge >= 0.3 is 0 Å². The van der Waals surface area contributed by atoms with E-state index in [-0.39, 0.29) is 5.41 Å². The fourth-order valence-corrected chi connectivity index (χ4v) is 0.817. The molecule has 1 rings (SSSR count). The van der Waals surface area contributed by atoms with Crippen molar-refractivity contribution in [1.29, 1.82) is 0 Å². The lowest BCUT2D eigenvalue weighted by Gasteiger charge is -2.28. The highest BCUT2D eigenvalue weighted by molar-refractivity contribution is 5.33. The lowest BCUT2D eigenvalue weighted by atomic mass is 9.88. The van der Waals surface area contributed by atoms with Crippen LogP contribution in [0.25, 0.3) is 0 Å². The first-order chi connectivity index (χ1) is 6.00. The van der Waals surface area contributed by atoms with Crippen molar-refractivity contribution in [2.75, 3.05) is 5.32 Å². The quantitative estimate of drug-likeness (QED) is 0.757. The molecule has 1 aromatic rings. The minimum atomic E-state index is 0.234. The number of aromatic nitrogens is 2. The fourth-order valence-electron chi connectivity index (χ4n) is 0.817. The highest BCUT2D eigenvalue weighted by Gasteiger charge is 2.19. The van der Waals surface area contributed by atoms with Gasteiger partial charge < -0.3 is 5.32 Å². The van der Waals surface area contributed by atoms with Gasteiger partial charge in [0.05, 0.1) is 0 Å². The van der Waals surface area contributed by atoms with Gasteiger partial charge in [-0.15, -0.1) is 5.10 Å². The van der Waals surface area contributed by atoms with E-state index >= 15 is 0 Å². The summed E-state index contributed by atoms with van der Waals surface area (Å²) in [5.74, 6) is 0.838. The molecule has 0 aliphatic carbocycles. The van der Waals surface area contributed by atoms with Crippen LogP contribution in [0.15, 0.2) is 18.3 Å². The predicted octanol–water partition coefficient (Wildman–Crippen LogP) is 2.32. The second-order valence-corrected chi connectivity index (χ2v) is 4.34. The lowest BCUT2D eigenvalue weighted by molar-refractivity contribution is 0.358. The Labute approximate surface area is 79.6 Å². The molecule has 13 heavy (non-hydrogen) atoms. The zero-order chi connectivity index (χ0) is 9.90. The van der Waals surface area contributed by atoms with E-state index in [1.165, 1.54) is 0 Å². The molecule has 0 bridgehead atoms. The molecule has 1 unspecified atom stereocenters. The van der Waals surface area contributed by atoms with Crippen LogP contribution in [0.2, 0.25) is 0 Å². The van der Waals surface area contributed by atoms with E-state index in [0.29, 0.717) is 6.04 Å². The summed E-state index contributed by atoms with van der Waals surface area (Å²) in [6.07, 6.45) is 1.67. The van der Waals surface area contributed by atoms with Crippen LogP contribution >= 0.6 is 0 Å². The summed E-state index contributed by atoms with van der Waals surface area (Å²) in [6.45, 7) is 8.73. The fraction of sp³-hybridized carbons (Fsp3) is 0.600. The third-order valence-electron chi connectivity index (χ3n) is 2.24. The standard InChI is InChI=1S/C10H17N3/c1-8(10(2,3)4)12-9-6-5-7-11-13-9/h5-8H,1-4H3,(H,12,13). The van der Waals surface area contributed by atoms with Crippen LogP contribution in [0.5, 0.6) is 0 Å². The molecule has 0 saturated heterocycles. The van der Waals surface area contributed by atoms with Gasteiger partial charge in [-0.3, -0.25) is 0 Å². The van der Waals surface area contributed by atoms with Crippen molar-refractivity contribution in [2.45, 2.75) is 33.7 Å². The molecular formula is C10H17N3.